The van der Waals surface area contributed by atoms with Crippen molar-refractivity contribution in [3.8, 4) is 5.75 Å². The van der Waals surface area contributed by atoms with Crippen molar-refractivity contribution in [2.45, 2.75) is 20.0 Å². The molecule has 2 aromatic carbocycles. The van der Waals surface area contributed by atoms with Gasteiger partial charge in [0.05, 0.1) is 13.7 Å². The number of thiocarbonyl (C=S) groups is 1. The zero-order chi connectivity index (χ0) is 22.5. The SMILES string of the molecule is COc1ccc(NC(=S)N(Cc2cccnc2)Cc2cc3ccc(C)cc3[nH]c2=O)cc1. The summed E-state index contributed by atoms with van der Waals surface area (Å²) in [6.45, 7) is 2.88. The van der Waals surface area contributed by atoms with Crippen LogP contribution in [0.4, 0.5) is 5.69 Å². The Bertz CT molecular complexity index is 1290. The average Bonchev–Trinajstić information content (AvgIpc) is 2.80. The number of aryl methyl sites for hydroxylation is 1. The molecule has 2 N–H and O–H groups in total. The van der Waals surface area contributed by atoms with Gasteiger partial charge >= 0.3 is 0 Å². The maximum Gasteiger partial charge on any atom is 0.253 e. The summed E-state index contributed by atoms with van der Waals surface area (Å²) >= 11 is 5.72. The third-order valence-electron chi connectivity index (χ3n) is 5.16. The predicted molar refractivity (Wildman–Crippen MR) is 132 cm³/mol. The normalized spacial score (nSPS) is 10.7. The summed E-state index contributed by atoms with van der Waals surface area (Å²) in [6.07, 6.45) is 3.54. The number of ether oxygens (including phenoxy) is 1. The van der Waals surface area contributed by atoms with E-state index in [1.54, 1.807) is 19.5 Å². The summed E-state index contributed by atoms with van der Waals surface area (Å²) in [6, 6.07) is 19.4. The molecule has 0 aliphatic rings. The molecule has 0 aliphatic heterocycles. The van der Waals surface area contributed by atoms with Crippen LogP contribution in [0, 0.1) is 6.92 Å². The van der Waals surface area contributed by atoms with Crippen LogP contribution in [-0.2, 0) is 13.1 Å². The number of hydrogen-bond acceptors (Lipinski definition) is 4. The van der Waals surface area contributed by atoms with E-state index in [0.717, 1.165) is 33.5 Å². The minimum atomic E-state index is -0.119. The topological polar surface area (TPSA) is 70.2 Å². The van der Waals surface area contributed by atoms with E-state index in [0.29, 0.717) is 23.8 Å². The lowest BCUT2D eigenvalue weighted by Gasteiger charge is -2.26. The number of anilines is 1. The molecule has 0 amide bonds. The molecule has 2 heterocycles. The van der Waals surface area contributed by atoms with E-state index >= 15 is 0 Å². The number of H-pyrrole nitrogens is 1. The second-order valence-corrected chi connectivity index (χ2v) is 7.98. The number of aromatic nitrogens is 2. The van der Waals surface area contributed by atoms with Crippen LogP contribution in [0.15, 0.2) is 77.9 Å². The zero-order valence-electron chi connectivity index (χ0n) is 18.0. The highest BCUT2D eigenvalue weighted by atomic mass is 32.1. The van der Waals surface area contributed by atoms with Crippen LogP contribution in [-0.4, -0.2) is 27.1 Å². The first-order chi connectivity index (χ1) is 15.5. The number of nitrogens with zero attached hydrogens (tertiary/aromatic N) is 2. The minimum Gasteiger partial charge on any atom is -0.497 e. The average molecular weight is 445 g/mol. The van der Waals surface area contributed by atoms with Crippen molar-refractivity contribution in [3.63, 3.8) is 0 Å². The van der Waals surface area contributed by atoms with E-state index in [-0.39, 0.29) is 5.56 Å². The number of aromatic amines is 1. The van der Waals surface area contributed by atoms with Crippen LogP contribution in [0.5, 0.6) is 5.75 Å². The molecule has 0 fully saturated rings. The van der Waals surface area contributed by atoms with Crippen molar-refractivity contribution >= 4 is 33.9 Å². The van der Waals surface area contributed by atoms with Crippen molar-refractivity contribution in [2.75, 3.05) is 12.4 Å². The lowest BCUT2D eigenvalue weighted by Crippen LogP contribution is -2.35. The maximum atomic E-state index is 12.8. The van der Waals surface area contributed by atoms with E-state index in [9.17, 15) is 4.79 Å². The summed E-state index contributed by atoms with van der Waals surface area (Å²) < 4.78 is 5.22. The van der Waals surface area contributed by atoms with Gasteiger partial charge in [-0.3, -0.25) is 9.78 Å². The lowest BCUT2D eigenvalue weighted by atomic mass is 10.1. The van der Waals surface area contributed by atoms with Gasteiger partial charge in [-0.25, -0.2) is 0 Å². The van der Waals surface area contributed by atoms with Crippen LogP contribution < -0.4 is 15.6 Å². The Morgan fingerprint density at radius 3 is 2.66 bits per heavy atom. The summed E-state index contributed by atoms with van der Waals surface area (Å²) in [5.41, 5.74) is 4.30. The molecule has 4 aromatic rings. The van der Waals surface area contributed by atoms with Gasteiger partial charge in [-0.1, -0.05) is 18.2 Å². The molecule has 0 saturated carbocycles. The van der Waals surface area contributed by atoms with Crippen LogP contribution in [0.1, 0.15) is 16.7 Å². The van der Waals surface area contributed by atoms with E-state index < -0.39 is 0 Å². The number of fused-ring (bicyclic) bond motifs is 1. The van der Waals surface area contributed by atoms with Crippen molar-refractivity contribution in [1.82, 2.24) is 14.9 Å². The Morgan fingerprint density at radius 2 is 1.94 bits per heavy atom. The van der Waals surface area contributed by atoms with Crippen LogP contribution in [0.2, 0.25) is 0 Å². The number of benzene rings is 2. The Kier molecular flexibility index (Phi) is 6.47. The first kappa shape index (κ1) is 21.5. The highest BCUT2D eigenvalue weighted by Crippen LogP contribution is 2.18. The molecule has 0 bridgehead atoms. The number of nitrogens with one attached hydrogen (secondary N) is 2. The lowest BCUT2D eigenvalue weighted by molar-refractivity contribution is 0.410. The first-order valence-corrected chi connectivity index (χ1v) is 10.6. The monoisotopic (exact) mass is 444 g/mol. The minimum absolute atomic E-state index is 0.119. The molecule has 2 aromatic heterocycles. The fraction of sp³-hybridized carbons (Fsp3) is 0.160. The highest BCUT2D eigenvalue weighted by Gasteiger charge is 2.15. The number of rotatable bonds is 6. The molecule has 0 aliphatic carbocycles. The fourth-order valence-corrected chi connectivity index (χ4v) is 3.72. The van der Waals surface area contributed by atoms with E-state index in [4.69, 9.17) is 17.0 Å². The molecule has 0 saturated heterocycles. The van der Waals surface area contributed by atoms with Crippen LogP contribution in [0.3, 0.4) is 0 Å². The largest absolute Gasteiger partial charge is 0.497 e. The quantitative estimate of drug-likeness (QED) is 0.422. The van der Waals surface area contributed by atoms with Crippen LogP contribution in [0.25, 0.3) is 10.9 Å². The Balaban J connectivity index is 1.62. The van der Waals surface area contributed by atoms with Gasteiger partial charge in [0.15, 0.2) is 5.11 Å². The molecule has 4 rings (SSSR count). The molecule has 162 valence electrons. The number of methoxy groups -OCH3 is 1. The molecule has 0 radical (unpaired) electrons. The second-order valence-electron chi connectivity index (χ2n) is 7.59. The summed E-state index contributed by atoms with van der Waals surface area (Å²) in [5.74, 6) is 0.770. The molecule has 6 nitrogen and oxygen atoms in total. The van der Waals surface area contributed by atoms with Crippen molar-refractivity contribution in [3.05, 3.63) is 100 Å². The van der Waals surface area contributed by atoms with Crippen molar-refractivity contribution in [2.24, 2.45) is 0 Å². The Hall–Kier alpha value is -3.71. The summed E-state index contributed by atoms with van der Waals surface area (Å²) in [4.78, 5) is 22.0. The van der Waals surface area contributed by atoms with E-state index in [2.05, 4.69) is 15.3 Å². The van der Waals surface area contributed by atoms with Gasteiger partial charge in [0.25, 0.3) is 5.56 Å². The maximum absolute atomic E-state index is 12.8. The molecule has 32 heavy (non-hydrogen) atoms. The molecule has 0 atom stereocenters. The second kappa shape index (κ2) is 9.62. The van der Waals surface area contributed by atoms with Crippen molar-refractivity contribution < 1.29 is 4.74 Å². The van der Waals surface area contributed by atoms with E-state index in [1.807, 2.05) is 72.5 Å². The van der Waals surface area contributed by atoms with Gasteiger partial charge in [0.1, 0.15) is 5.75 Å². The van der Waals surface area contributed by atoms with Crippen molar-refractivity contribution in [1.29, 1.82) is 0 Å². The van der Waals surface area contributed by atoms with Gasteiger partial charge in [-0.2, -0.15) is 0 Å². The third-order valence-corrected chi connectivity index (χ3v) is 5.52. The molecule has 0 spiro atoms. The number of hydrogen-bond donors (Lipinski definition) is 2. The number of pyridine rings is 2. The van der Waals surface area contributed by atoms with Gasteiger partial charge in [0.2, 0.25) is 0 Å². The first-order valence-electron chi connectivity index (χ1n) is 10.2. The molecular formula is C25H24N4O2S. The van der Waals surface area contributed by atoms with Gasteiger partial charge < -0.3 is 19.9 Å². The molecular weight excluding hydrogens is 420 g/mol. The smallest absolute Gasteiger partial charge is 0.253 e. The zero-order valence-corrected chi connectivity index (χ0v) is 18.8. The van der Waals surface area contributed by atoms with Crippen LogP contribution >= 0.6 is 12.2 Å². The standard InChI is InChI=1S/C25H24N4O2S/c1-17-5-6-19-13-20(24(30)28-23(19)12-17)16-29(15-18-4-3-11-26-14-18)25(32)27-21-7-9-22(31-2)10-8-21/h3-14H,15-16H2,1-2H3,(H,27,32)(H,28,30). The summed E-state index contributed by atoms with van der Waals surface area (Å²) in [7, 11) is 1.63. The van der Waals surface area contributed by atoms with Gasteiger partial charge in [-0.15, -0.1) is 0 Å². The Labute approximate surface area is 191 Å². The third kappa shape index (κ3) is 5.12. The Morgan fingerprint density at radius 1 is 1.12 bits per heavy atom. The highest BCUT2D eigenvalue weighted by molar-refractivity contribution is 7.80. The molecule has 7 heteroatoms. The van der Waals surface area contributed by atoms with E-state index in [1.165, 1.54) is 0 Å². The van der Waals surface area contributed by atoms with Gasteiger partial charge in [-0.05, 0) is 78.1 Å². The van der Waals surface area contributed by atoms with Gasteiger partial charge in [0, 0.05) is 35.7 Å². The summed E-state index contributed by atoms with van der Waals surface area (Å²) in [5, 5.41) is 4.77. The molecule has 0 unspecified atom stereocenters. The predicted octanol–water partition coefficient (Wildman–Crippen LogP) is 4.64. The fourth-order valence-electron chi connectivity index (χ4n) is 3.47.